The van der Waals surface area contributed by atoms with E-state index in [1.165, 1.54) is 0 Å². The molecule has 1 aliphatic heterocycles. The Bertz CT molecular complexity index is 1400. The summed E-state index contributed by atoms with van der Waals surface area (Å²) in [4.78, 5) is 38.5. The predicted octanol–water partition coefficient (Wildman–Crippen LogP) is 6.82. The van der Waals surface area contributed by atoms with Crippen molar-refractivity contribution in [3.05, 3.63) is 75.1 Å². The Morgan fingerprint density at radius 2 is 1.84 bits per heavy atom. The van der Waals surface area contributed by atoms with Gasteiger partial charge in [0.05, 0.1) is 22.6 Å². The van der Waals surface area contributed by atoms with E-state index in [1.807, 2.05) is 45.0 Å². The molecule has 2 amide bonds. The molecule has 0 N–H and O–H groups in total. The SMILES string of the molecule is CCOc1cc(/C=C2/SC(=O)N(CC(=O)OCC(C)C)C2=O)cc(Br)c1OCc1cccc2ccccc12. The van der Waals surface area contributed by atoms with Gasteiger partial charge in [-0.15, -0.1) is 0 Å². The number of halogens is 1. The first-order valence-electron chi connectivity index (χ1n) is 12.2. The molecule has 38 heavy (non-hydrogen) atoms. The Morgan fingerprint density at radius 1 is 1.08 bits per heavy atom. The average molecular weight is 599 g/mol. The number of fused-ring (bicyclic) bond motifs is 1. The lowest BCUT2D eigenvalue weighted by Crippen LogP contribution is -2.34. The zero-order valence-corrected chi connectivity index (χ0v) is 23.8. The molecule has 0 aromatic heterocycles. The molecular weight excluding hydrogens is 570 g/mol. The quantitative estimate of drug-likeness (QED) is 0.187. The maximum Gasteiger partial charge on any atom is 0.326 e. The Balaban J connectivity index is 1.53. The van der Waals surface area contributed by atoms with Gasteiger partial charge in [-0.05, 0) is 80.6 Å². The number of carbonyl (C=O) groups is 3. The summed E-state index contributed by atoms with van der Waals surface area (Å²) in [5.74, 6) is 0.0525. The Hall–Kier alpha value is -3.30. The highest BCUT2D eigenvalue weighted by Gasteiger charge is 2.36. The molecule has 1 aliphatic rings. The third-order valence-corrected chi connectivity index (χ3v) is 7.12. The highest BCUT2D eigenvalue weighted by atomic mass is 79.9. The number of nitrogens with zero attached hydrogens (tertiary/aromatic N) is 1. The molecule has 7 nitrogen and oxygen atoms in total. The molecule has 4 rings (SSSR count). The topological polar surface area (TPSA) is 82.1 Å². The smallest absolute Gasteiger partial charge is 0.326 e. The van der Waals surface area contributed by atoms with Crippen molar-refractivity contribution in [1.82, 2.24) is 4.90 Å². The van der Waals surface area contributed by atoms with Crippen LogP contribution in [-0.2, 0) is 20.9 Å². The number of rotatable bonds is 10. The van der Waals surface area contributed by atoms with E-state index in [0.29, 0.717) is 34.7 Å². The molecule has 0 atom stereocenters. The normalized spacial score (nSPS) is 14.6. The largest absolute Gasteiger partial charge is 0.490 e. The summed E-state index contributed by atoms with van der Waals surface area (Å²) >= 11 is 4.36. The minimum atomic E-state index is -0.615. The molecule has 0 aliphatic carbocycles. The molecule has 0 radical (unpaired) electrons. The van der Waals surface area contributed by atoms with Gasteiger partial charge in [-0.3, -0.25) is 19.3 Å². The van der Waals surface area contributed by atoms with Crippen molar-refractivity contribution < 1.29 is 28.6 Å². The van der Waals surface area contributed by atoms with Crippen molar-refractivity contribution >= 4 is 61.7 Å². The minimum absolute atomic E-state index is 0.158. The second-order valence-electron chi connectivity index (χ2n) is 9.03. The number of ether oxygens (including phenoxy) is 3. The van der Waals surface area contributed by atoms with Crippen LogP contribution in [0.3, 0.4) is 0 Å². The van der Waals surface area contributed by atoms with Crippen LogP contribution in [0.15, 0.2) is 64.0 Å². The van der Waals surface area contributed by atoms with Crippen LogP contribution in [0.1, 0.15) is 31.9 Å². The second kappa shape index (κ2) is 12.5. The molecule has 0 spiro atoms. The number of carbonyl (C=O) groups excluding carboxylic acids is 3. The van der Waals surface area contributed by atoms with Crippen molar-refractivity contribution in [2.45, 2.75) is 27.4 Å². The van der Waals surface area contributed by atoms with Gasteiger partial charge in [0.15, 0.2) is 11.5 Å². The van der Waals surface area contributed by atoms with Gasteiger partial charge in [-0.25, -0.2) is 0 Å². The lowest BCUT2D eigenvalue weighted by Gasteiger charge is -2.16. The zero-order valence-electron chi connectivity index (χ0n) is 21.4. The monoisotopic (exact) mass is 597 g/mol. The molecule has 3 aromatic rings. The zero-order chi connectivity index (χ0) is 27.2. The van der Waals surface area contributed by atoms with E-state index in [2.05, 4.69) is 34.1 Å². The fourth-order valence-electron chi connectivity index (χ4n) is 3.86. The molecular formula is C29H28BrNO6S. The molecule has 198 valence electrons. The van der Waals surface area contributed by atoms with Crippen LogP contribution in [0.25, 0.3) is 16.8 Å². The number of thioether (sulfide) groups is 1. The maximum absolute atomic E-state index is 12.9. The van der Waals surface area contributed by atoms with Gasteiger partial charge in [-0.1, -0.05) is 56.3 Å². The van der Waals surface area contributed by atoms with E-state index in [9.17, 15) is 14.4 Å². The maximum atomic E-state index is 12.9. The van der Waals surface area contributed by atoms with E-state index >= 15 is 0 Å². The van der Waals surface area contributed by atoms with Gasteiger partial charge >= 0.3 is 5.97 Å². The van der Waals surface area contributed by atoms with Crippen molar-refractivity contribution in [1.29, 1.82) is 0 Å². The van der Waals surface area contributed by atoms with E-state index in [1.54, 1.807) is 18.2 Å². The summed E-state index contributed by atoms with van der Waals surface area (Å²) in [5, 5.41) is 1.74. The molecule has 0 unspecified atom stereocenters. The predicted molar refractivity (Wildman–Crippen MR) is 152 cm³/mol. The van der Waals surface area contributed by atoms with Crippen LogP contribution in [0, 0.1) is 5.92 Å². The average Bonchev–Trinajstić information content (AvgIpc) is 3.14. The van der Waals surface area contributed by atoms with Gasteiger partial charge in [0.2, 0.25) is 0 Å². The first-order valence-corrected chi connectivity index (χ1v) is 13.8. The molecule has 0 bridgehead atoms. The Morgan fingerprint density at radius 3 is 2.61 bits per heavy atom. The Kier molecular flexibility index (Phi) is 9.12. The van der Waals surface area contributed by atoms with Crippen molar-refractivity contribution in [2.24, 2.45) is 5.92 Å². The summed E-state index contributed by atoms with van der Waals surface area (Å²) in [6, 6.07) is 17.8. The van der Waals surface area contributed by atoms with Crippen LogP contribution < -0.4 is 9.47 Å². The van der Waals surface area contributed by atoms with Crippen molar-refractivity contribution in [3.63, 3.8) is 0 Å². The van der Waals surface area contributed by atoms with E-state index in [0.717, 1.165) is 33.0 Å². The van der Waals surface area contributed by atoms with E-state index < -0.39 is 23.7 Å². The fraction of sp³-hybridized carbons (Fsp3) is 0.276. The van der Waals surface area contributed by atoms with Gasteiger partial charge in [-0.2, -0.15) is 0 Å². The van der Waals surface area contributed by atoms with Gasteiger partial charge in [0, 0.05) is 0 Å². The van der Waals surface area contributed by atoms with Crippen LogP contribution in [0.5, 0.6) is 11.5 Å². The van der Waals surface area contributed by atoms with Crippen LogP contribution in [0.2, 0.25) is 0 Å². The third-order valence-electron chi connectivity index (χ3n) is 5.62. The lowest BCUT2D eigenvalue weighted by molar-refractivity contribution is -0.147. The number of amides is 2. The molecule has 1 saturated heterocycles. The van der Waals surface area contributed by atoms with Crippen LogP contribution in [0.4, 0.5) is 4.79 Å². The number of benzene rings is 3. The first kappa shape index (κ1) is 27.7. The summed E-state index contributed by atoms with van der Waals surface area (Å²) < 4.78 is 17.8. The molecule has 1 fully saturated rings. The summed E-state index contributed by atoms with van der Waals surface area (Å²) in [6.45, 7) is 6.26. The van der Waals surface area contributed by atoms with Crippen LogP contribution >= 0.6 is 27.7 Å². The van der Waals surface area contributed by atoms with Gasteiger partial charge < -0.3 is 14.2 Å². The van der Waals surface area contributed by atoms with E-state index in [4.69, 9.17) is 14.2 Å². The molecule has 0 saturated carbocycles. The van der Waals surface area contributed by atoms with Gasteiger partial charge in [0.1, 0.15) is 13.2 Å². The third kappa shape index (κ3) is 6.57. The lowest BCUT2D eigenvalue weighted by atomic mass is 10.1. The summed E-state index contributed by atoms with van der Waals surface area (Å²) in [6.07, 6.45) is 1.60. The van der Waals surface area contributed by atoms with Crippen molar-refractivity contribution in [3.8, 4) is 11.5 Å². The first-order chi connectivity index (χ1) is 18.3. The number of hydrogen-bond donors (Lipinski definition) is 0. The second-order valence-corrected chi connectivity index (χ2v) is 10.9. The Labute approximate surface area is 234 Å². The molecule has 9 heteroatoms. The van der Waals surface area contributed by atoms with E-state index in [-0.39, 0.29) is 17.4 Å². The highest BCUT2D eigenvalue weighted by Crippen LogP contribution is 2.40. The highest BCUT2D eigenvalue weighted by molar-refractivity contribution is 9.10. The van der Waals surface area contributed by atoms with Crippen molar-refractivity contribution in [2.75, 3.05) is 19.8 Å². The number of imide groups is 1. The number of hydrogen-bond acceptors (Lipinski definition) is 7. The van der Waals surface area contributed by atoms with Crippen LogP contribution in [-0.4, -0.2) is 41.8 Å². The summed E-state index contributed by atoms with van der Waals surface area (Å²) in [7, 11) is 0. The fourth-order valence-corrected chi connectivity index (χ4v) is 5.28. The number of esters is 1. The molecule has 3 aromatic carbocycles. The molecule has 1 heterocycles. The summed E-state index contributed by atoms with van der Waals surface area (Å²) in [5.41, 5.74) is 1.69. The minimum Gasteiger partial charge on any atom is -0.490 e. The van der Waals surface area contributed by atoms with Gasteiger partial charge in [0.25, 0.3) is 11.1 Å². The standard InChI is InChI=1S/C29H28BrNO6S/c1-4-35-24-13-19(14-25-28(33)31(29(34)38-25)15-26(32)36-16-18(2)3)12-23(30)27(24)37-17-21-10-7-9-20-8-5-6-11-22(20)21/h5-14,18H,4,15-17H2,1-3H3/b25-14+.